The van der Waals surface area contributed by atoms with Crippen molar-refractivity contribution in [3.05, 3.63) is 11.9 Å². The minimum atomic E-state index is 0.598. The highest BCUT2D eigenvalue weighted by molar-refractivity contribution is 5.48. The van der Waals surface area contributed by atoms with Crippen molar-refractivity contribution in [3.8, 4) is 0 Å². The number of hydrogen-bond acceptors (Lipinski definition) is 5. The summed E-state index contributed by atoms with van der Waals surface area (Å²) in [5.74, 6) is 2.49. The van der Waals surface area contributed by atoms with Gasteiger partial charge in [0.1, 0.15) is 17.5 Å². The fourth-order valence-electron chi connectivity index (χ4n) is 1.07. The summed E-state index contributed by atoms with van der Waals surface area (Å²) < 4.78 is 0. The number of aromatic nitrogens is 2. The summed E-state index contributed by atoms with van der Waals surface area (Å²) in [5, 5.41) is 3.13. The normalized spacial score (nSPS) is 10.0. The van der Waals surface area contributed by atoms with E-state index < -0.39 is 0 Å². The molecule has 1 aromatic rings. The van der Waals surface area contributed by atoms with Crippen LogP contribution in [0.1, 0.15) is 5.82 Å². The Bertz CT molecular complexity index is 297. The number of rotatable bonds is 4. The second-order valence-corrected chi connectivity index (χ2v) is 3.27. The molecule has 0 fully saturated rings. The maximum Gasteiger partial charge on any atom is 0.133 e. The number of aryl methyl sites for hydroxylation is 1. The molecule has 0 saturated heterocycles. The van der Waals surface area contributed by atoms with Crippen LogP contribution in [-0.2, 0) is 0 Å². The van der Waals surface area contributed by atoms with E-state index in [1.807, 2.05) is 32.0 Å². The van der Waals surface area contributed by atoms with Gasteiger partial charge in [0.2, 0.25) is 0 Å². The molecule has 5 heteroatoms. The first-order valence-corrected chi connectivity index (χ1v) is 4.60. The van der Waals surface area contributed by atoms with Crippen LogP contribution in [0.5, 0.6) is 0 Å². The summed E-state index contributed by atoms with van der Waals surface area (Å²) in [6.45, 7) is 3.20. The zero-order valence-corrected chi connectivity index (χ0v) is 8.91. The molecule has 1 rings (SSSR count). The number of hydrogen-bond donors (Lipinski definition) is 2. The van der Waals surface area contributed by atoms with Crippen LogP contribution in [0.2, 0.25) is 0 Å². The average Bonchev–Trinajstić information content (AvgIpc) is 2.14. The van der Waals surface area contributed by atoms with Gasteiger partial charge in [-0.05, 0) is 6.92 Å². The second kappa shape index (κ2) is 4.76. The van der Waals surface area contributed by atoms with E-state index in [0.29, 0.717) is 6.54 Å². The van der Waals surface area contributed by atoms with Crippen LogP contribution in [0.15, 0.2) is 6.07 Å². The summed E-state index contributed by atoms with van der Waals surface area (Å²) in [7, 11) is 3.91. The summed E-state index contributed by atoms with van der Waals surface area (Å²) in [5.41, 5.74) is 5.40. The lowest BCUT2D eigenvalue weighted by atomic mass is 10.4. The molecule has 0 spiro atoms. The van der Waals surface area contributed by atoms with Gasteiger partial charge in [-0.1, -0.05) is 0 Å². The Morgan fingerprint density at radius 2 is 2.14 bits per heavy atom. The minimum Gasteiger partial charge on any atom is -0.369 e. The molecule has 1 heterocycles. The molecule has 78 valence electrons. The largest absolute Gasteiger partial charge is 0.369 e. The van der Waals surface area contributed by atoms with Crippen LogP contribution >= 0.6 is 0 Å². The summed E-state index contributed by atoms with van der Waals surface area (Å²) in [4.78, 5) is 10.5. The van der Waals surface area contributed by atoms with E-state index in [0.717, 1.165) is 24.0 Å². The Labute approximate surface area is 84.3 Å². The highest BCUT2D eigenvalue weighted by atomic mass is 15.2. The molecule has 0 bridgehead atoms. The van der Waals surface area contributed by atoms with Crippen LogP contribution in [-0.4, -0.2) is 37.2 Å². The fourth-order valence-corrected chi connectivity index (χ4v) is 1.07. The maximum absolute atomic E-state index is 5.40. The molecule has 0 aliphatic carbocycles. The highest BCUT2D eigenvalue weighted by Gasteiger charge is 2.02. The van der Waals surface area contributed by atoms with Gasteiger partial charge in [-0.15, -0.1) is 0 Å². The Morgan fingerprint density at radius 1 is 1.43 bits per heavy atom. The van der Waals surface area contributed by atoms with Crippen molar-refractivity contribution in [1.29, 1.82) is 0 Å². The van der Waals surface area contributed by atoms with Gasteiger partial charge in [0.05, 0.1) is 0 Å². The molecule has 0 atom stereocenters. The van der Waals surface area contributed by atoms with Gasteiger partial charge in [0, 0.05) is 33.3 Å². The van der Waals surface area contributed by atoms with Crippen molar-refractivity contribution in [3.63, 3.8) is 0 Å². The fraction of sp³-hybridized carbons (Fsp3) is 0.556. The summed E-state index contributed by atoms with van der Waals surface area (Å²) >= 11 is 0. The van der Waals surface area contributed by atoms with Crippen molar-refractivity contribution < 1.29 is 0 Å². The summed E-state index contributed by atoms with van der Waals surface area (Å²) in [6.07, 6.45) is 0. The molecule has 14 heavy (non-hydrogen) atoms. The molecule has 0 aromatic carbocycles. The predicted octanol–water partition coefficient (Wildman–Crippen LogP) is 0.222. The number of nitrogens with zero attached hydrogens (tertiary/aromatic N) is 3. The van der Waals surface area contributed by atoms with Gasteiger partial charge >= 0.3 is 0 Å². The van der Waals surface area contributed by atoms with Gasteiger partial charge in [0.15, 0.2) is 0 Å². The summed E-state index contributed by atoms with van der Waals surface area (Å²) in [6, 6.07) is 1.91. The maximum atomic E-state index is 5.40. The third-order valence-electron chi connectivity index (χ3n) is 1.73. The quantitative estimate of drug-likeness (QED) is 0.719. The zero-order chi connectivity index (χ0) is 10.6. The zero-order valence-electron chi connectivity index (χ0n) is 8.91. The van der Waals surface area contributed by atoms with Crippen LogP contribution in [0.25, 0.3) is 0 Å². The van der Waals surface area contributed by atoms with Gasteiger partial charge < -0.3 is 16.0 Å². The van der Waals surface area contributed by atoms with Gasteiger partial charge in [-0.2, -0.15) is 0 Å². The number of nitrogens with two attached hydrogens (primary N) is 1. The van der Waals surface area contributed by atoms with Crippen molar-refractivity contribution in [2.24, 2.45) is 5.73 Å². The van der Waals surface area contributed by atoms with Gasteiger partial charge in [0.25, 0.3) is 0 Å². The molecule has 0 amide bonds. The molecule has 0 unspecified atom stereocenters. The second-order valence-electron chi connectivity index (χ2n) is 3.27. The Hall–Kier alpha value is -1.36. The predicted molar refractivity (Wildman–Crippen MR) is 58.6 cm³/mol. The van der Waals surface area contributed by atoms with Crippen molar-refractivity contribution in [2.45, 2.75) is 6.92 Å². The standard InChI is InChI=1S/C9H17N5/c1-7-12-8(11-5-4-10)6-9(13-7)14(2)3/h6H,4-5,10H2,1-3H3,(H,11,12,13). The minimum absolute atomic E-state index is 0.598. The highest BCUT2D eigenvalue weighted by Crippen LogP contribution is 2.12. The Balaban J connectivity index is 2.84. The van der Waals surface area contributed by atoms with Crippen molar-refractivity contribution in [2.75, 3.05) is 37.4 Å². The monoisotopic (exact) mass is 195 g/mol. The molecule has 3 N–H and O–H groups in total. The molecule has 5 nitrogen and oxygen atoms in total. The first kappa shape index (κ1) is 10.7. The van der Waals surface area contributed by atoms with E-state index in [2.05, 4.69) is 15.3 Å². The van der Waals surface area contributed by atoms with E-state index in [1.54, 1.807) is 0 Å². The van der Waals surface area contributed by atoms with Crippen LogP contribution in [0.3, 0.4) is 0 Å². The topological polar surface area (TPSA) is 67.1 Å². The first-order valence-electron chi connectivity index (χ1n) is 4.60. The van der Waals surface area contributed by atoms with E-state index in [9.17, 15) is 0 Å². The first-order chi connectivity index (χ1) is 6.63. The lowest BCUT2D eigenvalue weighted by molar-refractivity contribution is 0.963. The smallest absolute Gasteiger partial charge is 0.133 e. The SMILES string of the molecule is Cc1nc(NCCN)cc(N(C)C)n1. The van der Waals surface area contributed by atoms with E-state index in [4.69, 9.17) is 5.73 Å². The Kier molecular flexibility index (Phi) is 3.64. The third kappa shape index (κ3) is 2.85. The number of nitrogens with one attached hydrogen (secondary N) is 1. The van der Waals surface area contributed by atoms with E-state index in [1.165, 1.54) is 0 Å². The van der Waals surface area contributed by atoms with Gasteiger partial charge in [-0.25, -0.2) is 9.97 Å². The molecule has 1 aromatic heterocycles. The average molecular weight is 195 g/mol. The lowest BCUT2D eigenvalue weighted by Crippen LogP contribution is -2.16. The molecular formula is C9H17N5. The van der Waals surface area contributed by atoms with E-state index >= 15 is 0 Å². The van der Waals surface area contributed by atoms with Gasteiger partial charge in [-0.3, -0.25) is 0 Å². The molecule has 0 aliphatic rings. The lowest BCUT2D eigenvalue weighted by Gasteiger charge is -2.13. The Morgan fingerprint density at radius 3 is 2.71 bits per heavy atom. The van der Waals surface area contributed by atoms with E-state index in [-0.39, 0.29) is 0 Å². The molecule has 0 radical (unpaired) electrons. The van der Waals surface area contributed by atoms with Crippen LogP contribution in [0.4, 0.5) is 11.6 Å². The molecular weight excluding hydrogens is 178 g/mol. The number of anilines is 2. The van der Waals surface area contributed by atoms with Crippen molar-refractivity contribution in [1.82, 2.24) is 9.97 Å². The van der Waals surface area contributed by atoms with Crippen LogP contribution in [0, 0.1) is 6.92 Å². The van der Waals surface area contributed by atoms with Crippen LogP contribution < -0.4 is 16.0 Å². The molecule has 0 aliphatic heterocycles. The van der Waals surface area contributed by atoms with Crippen molar-refractivity contribution >= 4 is 11.6 Å². The molecule has 0 saturated carbocycles. The third-order valence-corrected chi connectivity index (χ3v) is 1.73.